The Morgan fingerprint density at radius 1 is 0.861 bits per heavy atom. The molecule has 1 aliphatic rings. The van der Waals surface area contributed by atoms with Crippen LogP contribution < -0.4 is 16.0 Å². The topological polar surface area (TPSA) is 108 Å². The number of aromatic nitrogens is 2. The SMILES string of the molecule is O=C(Nc1cc2ccccc2cn1)c1ccccc1NCc1ccnc(NC(=O)N2CCOCC2)c1. The number of carbonyl (C=O) groups is 2. The van der Waals surface area contributed by atoms with Gasteiger partial charge in [-0.15, -0.1) is 0 Å². The van der Waals surface area contributed by atoms with Gasteiger partial charge in [-0.2, -0.15) is 0 Å². The summed E-state index contributed by atoms with van der Waals surface area (Å²) in [5.41, 5.74) is 2.10. The summed E-state index contributed by atoms with van der Waals surface area (Å²) in [7, 11) is 0. The molecule has 0 unspecified atom stereocenters. The molecule has 0 spiro atoms. The Labute approximate surface area is 208 Å². The monoisotopic (exact) mass is 482 g/mol. The quantitative estimate of drug-likeness (QED) is 0.377. The number of pyridine rings is 2. The minimum atomic E-state index is -0.255. The van der Waals surface area contributed by atoms with E-state index >= 15 is 0 Å². The Hall–Kier alpha value is -4.50. The first kappa shape index (κ1) is 23.3. The van der Waals surface area contributed by atoms with Crippen LogP contribution in [0.1, 0.15) is 15.9 Å². The van der Waals surface area contributed by atoms with Gasteiger partial charge in [-0.3, -0.25) is 10.1 Å². The second kappa shape index (κ2) is 10.8. The fourth-order valence-electron chi connectivity index (χ4n) is 3.98. The molecule has 9 nitrogen and oxygen atoms in total. The van der Waals surface area contributed by atoms with Gasteiger partial charge in [0, 0.05) is 43.1 Å². The highest BCUT2D eigenvalue weighted by molar-refractivity contribution is 6.08. The number of hydrogen-bond donors (Lipinski definition) is 3. The van der Waals surface area contributed by atoms with E-state index in [0.29, 0.717) is 55.7 Å². The van der Waals surface area contributed by atoms with E-state index < -0.39 is 0 Å². The summed E-state index contributed by atoms with van der Waals surface area (Å²) < 4.78 is 5.29. The van der Waals surface area contributed by atoms with Crippen molar-refractivity contribution in [2.24, 2.45) is 0 Å². The summed E-state index contributed by atoms with van der Waals surface area (Å²) in [5.74, 6) is 0.705. The van der Waals surface area contributed by atoms with Crippen LogP contribution in [0.2, 0.25) is 0 Å². The molecular weight excluding hydrogens is 456 g/mol. The molecule has 3 N–H and O–H groups in total. The Morgan fingerprint density at radius 3 is 2.47 bits per heavy atom. The third kappa shape index (κ3) is 5.59. The van der Waals surface area contributed by atoms with Gasteiger partial charge in [0.15, 0.2) is 0 Å². The zero-order valence-electron chi connectivity index (χ0n) is 19.6. The highest BCUT2D eigenvalue weighted by Gasteiger charge is 2.17. The van der Waals surface area contributed by atoms with Crippen molar-refractivity contribution < 1.29 is 14.3 Å². The molecule has 2 aromatic carbocycles. The summed E-state index contributed by atoms with van der Waals surface area (Å²) in [6.07, 6.45) is 3.39. The molecule has 0 bridgehead atoms. The van der Waals surface area contributed by atoms with Crippen molar-refractivity contribution in [3.05, 3.63) is 90.3 Å². The first-order valence-electron chi connectivity index (χ1n) is 11.7. The van der Waals surface area contributed by atoms with Crippen LogP contribution in [-0.4, -0.2) is 53.1 Å². The largest absolute Gasteiger partial charge is 0.380 e. The van der Waals surface area contributed by atoms with Crippen LogP contribution in [0.5, 0.6) is 0 Å². The summed E-state index contributed by atoms with van der Waals surface area (Å²) in [6, 6.07) is 20.5. The summed E-state index contributed by atoms with van der Waals surface area (Å²) >= 11 is 0. The van der Waals surface area contributed by atoms with Gasteiger partial charge in [0.25, 0.3) is 5.91 Å². The van der Waals surface area contributed by atoms with E-state index in [1.54, 1.807) is 23.4 Å². The van der Waals surface area contributed by atoms with Gasteiger partial charge < -0.3 is 20.3 Å². The number of anilines is 3. The number of benzene rings is 2. The zero-order valence-corrected chi connectivity index (χ0v) is 19.6. The number of morpholine rings is 1. The molecule has 4 aromatic rings. The van der Waals surface area contributed by atoms with E-state index in [4.69, 9.17) is 4.74 Å². The van der Waals surface area contributed by atoms with Crippen molar-refractivity contribution in [2.45, 2.75) is 6.54 Å². The van der Waals surface area contributed by atoms with E-state index in [-0.39, 0.29) is 11.9 Å². The number of para-hydroxylation sites is 1. The molecule has 2 aromatic heterocycles. The molecule has 1 saturated heterocycles. The molecule has 0 aliphatic carbocycles. The van der Waals surface area contributed by atoms with E-state index in [1.807, 2.05) is 60.7 Å². The normalized spacial score (nSPS) is 13.3. The molecule has 9 heteroatoms. The summed E-state index contributed by atoms with van der Waals surface area (Å²) in [5, 5.41) is 11.1. The lowest BCUT2D eigenvalue weighted by atomic mass is 10.1. The maximum Gasteiger partial charge on any atom is 0.323 e. The third-order valence-corrected chi connectivity index (χ3v) is 5.88. The van der Waals surface area contributed by atoms with Crippen molar-refractivity contribution in [1.29, 1.82) is 0 Å². The minimum absolute atomic E-state index is 0.194. The van der Waals surface area contributed by atoms with Crippen LogP contribution in [0.3, 0.4) is 0 Å². The van der Waals surface area contributed by atoms with Gasteiger partial charge in [0.2, 0.25) is 0 Å². The number of nitrogens with one attached hydrogen (secondary N) is 3. The number of amides is 3. The Morgan fingerprint density at radius 2 is 1.61 bits per heavy atom. The van der Waals surface area contributed by atoms with Crippen molar-refractivity contribution in [1.82, 2.24) is 14.9 Å². The highest BCUT2D eigenvalue weighted by Crippen LogP contribution is 2.20. The van der Waals surface area contributed by atoms with E-state index in [9.17, 15) is 9.59 Å². The van der Waals surface area contributed by atoms with Gasteiger partial charge in [0.1, 0.15) is 11.6 Å². The molecule has 36 heavy (non-hydrogen) atoms. The number of nitrogens with zero attached hydrogens (tertiary/aromatic N) is 3. The first-order valence-corrected chi connectivity index (χ1v) is 11.7. The van der Waals surface area contributed by atoms with E-state index in [2.05, 4.69) is 25.9 Å². The van der Waals surface area contributed by atoms with Gasteiger partial charge in [-0.05, 0) is 41.3 Å². The smallest absolute Gasteiger partial charge is 0.323 e. The summed E-state index contributed by atoms with van der Waals surface area (Å²) in [6.45, 7) is 2.63. The predicted molar refractivity (Wildman–Crippen MR) is 139 cm³/mol. The molecule has 182 valence electrons. The van der Waals surface area contributed by atoms with Crippen LogP contribution in [0, 0.1) is 0 Å². The van der Waals surface area contributed by atoms with Crippen molar-refractivity contribution in [3.63, 3.8) is 0 Å². The molecule has 0 saturated carbocycles. The van der Waals surface area contributed by atoms with Crippen LogP contribution in [0.15, 0.2) is 79.1 Å². The second-order valence-electron chi connectivity index (χ2n) is 8.35. The van der Waals surface area contributed by atoms with Crippen LogP contribution >= 0.6 is 0 Å². The molecule has 0 radical (unpaired) electrons. The number of rotatable bonds is 6. The maximum absolute atomic E-state index is 13.0. The van der Waals surface area contributed by atoms with Gasteiger partial charge in [-0.1, -0.05) is 36.4 Å². The van der Waals surface area contributed by atoms with E-state index in [1.165, 1.54) is 0 Å². The summed E-state index contributed by atoms with van der Waals surface area (Å²) in [4.78, 5) is 35.8. The highest BCUT2D eigenvalue weighted by atomic mass is 16.5. The molecule has 1 fully saturated rings. The fraction of sp³-hybridized carbons (Fsp3) is 0.185. The van der Waals surface area contributed by atoms with Crippen LogP contribution in [0.25, 0.3) is 10.8 Å². The Kier molecular flexibility index (Phi) is 7.00. The number of ether oxygens (including phenoxy) is 1. The zero-order chi connectivity index (χ0) is 24.7. The van der Waals surface area contributed by atoms with Crippen LogP contribution in [0.4, 0.5) is 22.1 Å². The maximum atomic E-state index is 13.0. The molecule has 0 atom stereocenters. The minimum Gasteiger partial charge on any atom is -0.380 e. The van der Waals surface area contributed by atoms with Gasteiger partial charge in [-0.25, -0.2) is 14.8 Å². The Bertz CT molecular complexity index is 1390. The lowest BCUT2D eigenvalue weighted by Gasteiger charge is -2.26. The van der Waals surface area contributed by atoms with E-state index in [0.717, 1.165) is 16.3 Å². The number of carbonyl (C=O) groups excluding carboxylic acids is 2. The predicted octanol–water partition coefficient (Wildman–Crippen LogP) is 4.36. The van der Waals surface area contributed by atoms with Gasteiger partial charge >= 0.3 is 6.03 Å². The Balaban J connectivity index is 1.24. The number of hydrogen-bond acceptors (Lipinski definition) is 6. The molecular formula is C27H26N6O3. The van der Waals surface area contributed by atoms with Crippen LogP contribution in [-0.2, 0) is 11.3 Å². The lowest BCUT2D eigenvalue weighted by molar-refractivity contribution is 0.0564. The van der Waals surface area contributed by atoms with Gasteiger partial charge in [0.05, 0.1) is 18.8 Å². The average Bonchev–Trinajstić information content (AvgIpc) is 2.92. The first-order chi connectivity index (χ1) is 17.7. The van der Waals surface area contributed by atoms with Crippen molar-refractivity contribution >= 4 is 40.0 Å². The average molecular weight is 483 g/mol. The third-order valence-electron chi connectivity index (χ3n) is 5.88. The second-order valence-corrected chi connectivity index (χ2v) is 8.35. The molecule has 3 amide bonds. The fourth-order valence-corrected chi connectivity index (χ4v) is 3.98. The standard InChI is InChI=1S/C27H26N6O3/c34-26(31-25-16-20-5-1-2-6-21(20)18-30-25)22-7-3-4-8-23(22)29-17-19-9-10-28-24(15-19)32-27(35)33-11-13-36-14-12-33/h1-10,15-16,18,29H,11-14,17H2,(H,28,32,35)(H,30,31,34). The molecule has 1 aliphatic heterocycles. The lowest BCUT2D eigenvalue weighted by Crippen LogP contribution is -2.43. The number of urea groups is 1. The van der Waals surface area contributed by atoms with Crippen molar-refractivity contribution in [3.8, 4) is 0 Å². The van der Waals surface area contributed by atoms with Crippen molar-refractivity contribution in [2.75, 3.05) is 42.3 Å². The number of fused-ring (bicyclic) bond motifs is 1. The molecule has 5 rings (SSSR count). The molecule has 3 heterocycles.